The molecular formula is C14H11IN6O3. The van der Waals surface area contributed by atoms with Gasteiger partial charge in [-0.2, -0.15) is 10.2 Å². The summed E-state index contributed by atoms with van der Waals surface area (Å²) in [6, 6.07) is 8.96. The third-order valence-electron chi connectivity index (χ3n) is 3.10. The van der Waals surface area contributed by atoms with Crippen LogP contribution in [0.2, 0.25) is 0 Å². The van der Waals surface area contributed by atoms with E-state index in [9.17, 15) is 14.9 Å². The highest BCUT2D eigenvalue weighted by Crippen LogP contribution is 2.12. The monoisotopic (exact) mass is 438 g/mol. The van der Waals surface area contributed by atoms with Gasteiger partial charge >= 0.3 is 5.69 Å². The van der Waals surface area contributed by atoms with Gasteiger partial charge in [0.25, 0.3) is 5.91 Å². The summed E-state index contributed by atoms with van der Waals surface area (Å²) < 4.78 is 3.91. The summed E-state index contributed by atoms with van der Waals surface area (Å²) in [6.45, 7) is 0.171. The highest BCUT2D eigenvalue weighted by molar-refractivity contribution is 14.1. The van der Waals surface area contributed by atoms with Crippen LogP contribution in [0.3, 0.4) is 0 Å². The van der Waals surface area contributed by atoms with Gasteiger partial charge in [-0.3, -0.25) is 19.6 Å². The topological polar surface area (TPSA) is 108 Å². The van der Waals surface area contributed by atoms with Crippen molar-refractivity contribution in [3.63, 3.8) is 0 Å². The van der Waals surface area contributed by atoms with Gasteiger partial charge in [-0.05, 0) is 52.9 Å². The molecule has 0 unspecified atom stereocenters. The third kappa shape index (κ3) is 3.76. The van der Waals surface area contributed by atoms with Gasteiger partial charge in [-0.1, -0.05) is 0 Å². The first-order chi connectivity index (χ1) is 11.5. The number of benzene rings is 1. The molecule has 10 heteroatoms. The van der Waals surface area contributed by atoms with Crippen LogP contribution in [0.1, 0.15) is 10.5 Å². The number of nitrogens with zero attached hydrogens (tertiary/aromatic N) is 5. The van der Waals surface area contributed by atoms with Gasteiger partial charge in [0.05, 0.1) is 4.92 Å². The molecular weight excluding hydrogens is 427 g/mol. The molecule has 1 amide bonds. The van der Waals surface area contributed by atoms with E-state index in [0.717, 1.165) is 9.77 Å². The maximum absolute atomic E-state index is 12.2. The number of carbonyl (C=O) groups excluding carboxylic acids is 1. The van der Waals surface area contributed by atoms with Crippen molar-refractivity contribution in [1.29, 1.82) is 0 Å². The zero-order valence-corrected chi connectivity index (χ0v) is 14.3. The van der Waals surface area contributed by atoms with Crippen molar-refractivity contribution in [2.75, 3.05) is 5.32 Å². The van der Waals surface area contributed by atoms with E-state index in [1.165, 1.54) is 15.6 Å². The lowest BCUT2D eigenvalue weighted by Crippen LogP contribution is -2.14. The standard InChI is InChI=1S/C14H11IN6O3/c15-10-1-3-11(4-2-10)17-14(22)13-5-6-19(18-13)9-20-8-12(7-16-20)21(23)24/h1-8H,9H2,(H,17,22). The Bertz CT molecular complexity index is 886. The fourth-order valence-electron chi connectivity index (χ4n) is 1.96. The Balaban J connectivity index is 1.66. The molecule has 0 aliphatic rings. The first kappa shape index (κ1) is 16.1. The van der Waals surface area contributed by atoms with Crippen LogP contribution in [0.15, 0.2) is 48.9 Å². The predicted molar refractivity (Wildman–Crippen MR) is 93.6 cm³/mol. The minimum Gasteiger partial charge on any atom is -0.321 e. The van der Waals surface area contributed by atoms with Crippen LogP contribution >= 0.6 is 22.6 Å². The molecule has 24 heavy (non-hydrogen) atoms. The molecule has 1 N–H and O–H groups in total. The van der Waals surface area contributed by atoms with E-state index in [2.05, 4.69) is 38.1 Å². The Hall–Kier alpha value is -2.76. The van der Waals surface area contributed by atoms with Crippen molar-refractivity contribution in [1.82, 2.24) is 19.6 Å². The molecule has 9 nitrogen and oxygen atoms in total. The number of aromatic nitrogens is 4. The molecule has 0 fully saturated rings. The second-order valence-electron chi connectivity index (χ2n) is 4.84. The Morgan fingerprint density at radius 1 is 1.25 bits per heavy atom. The predicted octanol–water partition coefficient (Wildman–Crippen LogP) is 2.35. The lowest BCUT2D eigenvalue weighted by Gasteiger charge is -2.03. The molecule has 3 aromatic rings. The van der Waals surface area contributed by atoms with Gasteiger partial charge in [-0.25, -0.2) is 4.68 Å². The van der Waals surface area contributed by atoms with Gasteiger partial charge in [0.15, 0.2) is 5.69 Å². The van der Waals surface area contributed by atoms with Crippen LogP contribution in [-0.4, -0.2) is 30.4 Å². The number of halogens is 1. The Kier molecular flexibility index (Phi) is 4.55. The number of carbonyl (C=O) groups is 1. The van der Waals surface area contributed by atoms with Crippen LogP contribution in [0.25, 0.3) is 0 Å². The molecule has 0 aliphatic carbocycles. The van der Waals surface area contributed by atoms with Crippen LogP contribution in [-0.2, 0) is 6.67 Å². The van der Waals surface area contributed by atoms with Crippen molar-refractivity contribution in [2.45, 2.75) is 6.67 Å². The van der Waals surface area contributed by atoms with E-state index < -0.39 is 4.92 Å². The maximum Gasteiger partial charge on any atom is 0.307 e. The number of hydrogen-bond donors (Lipinski definition) is 1. The fourth-order valence-corrected chi connectivity index (χ4v) is 2.32. The van der Waals surface area contributed by atoms with Crippen molar-refractivity contribution in [2.24, 2.45) is 0 Å². The number of anilines is 1. The first-order valence-corrected chi connectivity index (χ1v) is 7.86. The summed E-state index contributed by atoms with van der Waals surface area (Å²) in [5.74, 6) is -0.332. The largest absolute Gasteiger partial charge is 0.321 e. The molecule has 3 rings (SSSR count). The van der Waals surface area contributed by atoms with Crippen molar-refractivity contribution >= 4 is 39.9 Å². The molecule has 122 valence electrons. The quantitative estimate of drug-likeness (QED) is 0.374. The molecule has 0 saturated carbocycles. The number of hydrogen-bond acceptors (Lipinski definition) is 5. The zero-order chi connectivity index (χ0) is 17.1. The van der Waals surface area contributed by atoms with E-state index in [1.54, 1.807) is 24.4 Å². The lowest BCUT2D eigenvalue weighted by molar-refractivity contribution is -0.385. The average molecular weight is 438 g/mol. The molecule has 0 saturated heterocycles. The smallest absolute Gasteiger partial charge is 0.307 e. The van der Waals surface area contributed by atoms with E-state index >= 15 is 0 Å². The minimum atomic E-state index is -0.521. The average Bonchev–Trinajstić information content (AvgIpc) is 3.19. The maximum atomic E-state index is 12.2. The van der Waals surface area contributed by atoms with E-state index in [-0.39, 0.29) is 24.0 Å². The zero-order valence-electron chi connectivity index (χ0n) is 12.2. The summed E-state index contributed by atoms with van der Waals surface area (Å²) in [6.07, 6.45) is 4.07. The lowest BCUT2D eigenvalue weighted by atomic mass is 10.3. The van der Waals surface area contributed by atoms with E-state index in [1.807, 2.05) is 12.1 Å². The van der Waals surface area contributed by atoms with Gasteiger partial charge in [-0.15, -0.1) is 0 Å². The summed E-state index contributed by atoms with van der Waals surface area (Å²) in [4.78, 5) is 22.3. The van der Waals surface area contributed by atoms with Gasteiger partial charge in [0, 0.05) is 15.5 Å². The number of rotatable bonds is 5. The second kappa shape index (κ2) is 6.78. The van der Waals surface area contributed by atoms with E-state index in [0.29, 0.717) is 5.69 Å². The van der Waals surface area contributed by atoms with Crippen LogP contribution in [0, 0.1) is 13.7 Å². The first-order valence-electron chi connectivity index (χ1n) is 6.78. The Labute approximate surface area is 149 Å². The second-order valence-corrected chi connectivity index (χ2v) is 6.08. The SMILES string of the molecule is O=C(Nc1ccc(I)cc1)c1ccn(Cn2cc([N+](=O)[O-])cn2)n1. The highest BCUT2D eigenvalue weighted by Gasteiger charge is 2.12. The molecule has 0 aliphatic heterocycles. The summed E-state index contributed by atoms with van der Waals surface area (Å²) in [5, 5.41) is 21.4. The van der Waals surface area contributed by atoms with Gasteiger partial charge in [0.2, 0.25) is 0 Å². The molecule has 2 aromatic heterocycles. The van der Waals surface area contributed by atoms with Gasteiger partial charge in [0.1, 0.15) is 19.1 Å². The van der Waals surface area contributed by atoms with Crippen molar-refractivity contribution in [3.8, 4) is 0 Å². The summed E-state index contributed by atoms with van der Waals surface area (Å²) in [7, 11) is 0. The number of nitrogens with one attached hydrogen (secondary N) is 1. The van der Waals surface area contributed by atoms with Gasteiger partial charge < -0.3 is 5.32 Å². The fraction of sp³-hybridized carbons (Fsp3) is 0.0714. The highest BCUT2D eigenvalue weighted by atomic mass is 127. The van der Waals surface area contributed by atoms with Crippen LogP contribution < -0.4 is 5.32 Å². The van der Waals surface area contributed by atoms with Crippen LogP contribution in [0.5, 0.6) is 0 Å². The van der Waals surface area contributed by atoms with Crippen molar-refractivity contribution < 1.29 is 9.72 Å². The number of amides is 1. The summed E-state index contributed by atoms with van der Waals surface area (Å²) in [5.41, 5.74) is 0.826. The van der Waals surface area contributed by atoms with Crippen molar-refractivity contribution in [3.05, 3.63) is 68.3 Å². The molecule has 0 bridgehead atoms. The molecule has 0 radical (unpaired) electrons. The number of nitro groups is 1. The molecule has 1 aromatic carbocycles. The van der Waals surface area contributed by atoms with Crippen LogP contribution in [0.4, 0.5) is 11.4 Å². The van der Waals surface area contributed by atoms with E-state index in [4.69, 9.17) is 0 Å². The Morgan fingerprint density at radius 3 is 2.67 bits per heavy atom. The third-order valence-corrected chi connectivity index (χ3v) is 3.81. The molecule has 0 spiro atoms. The molecule has 2 heterocycles. The summed E-state index contributed by atoms with van der Waals surface area (Å²) >= 11 is 2.18. The molecule has 0 atom stereocenters. The minimum absolute atomic E-state index is 0.0983. The normalized spacial score (nSPS) is 10.5. The Morgan fingerprint density at radius 2 is 2.00 bits per heavy atom.